The van der Waals surface area contributed by atoms with E-state index in [1.54, 1.807) is 6.08 Å². The number of carbonyl (C=O) groups excluding carboxylic acids is 3. The molecule has 1 rings (SSSR count). The highest BCUT2D eigenvalue weighted by atomic mass is 32.2. The van der Waals surface area contributed by atoms with Crippen LogP contribution < -0.4 is 0 Å². The molecule has 0 aromatic rings. The van der Waals surface area contributed by atoms with Crippen LogP contribution in [-0.2, 0) is 14.3 Å². The number of carbonyl (C=O) groups is 3. The SMILES string of the molecule is CCC(=CCN1C(=O)CSC1=O)C(=O)OC. The van der Waals surface area contributed by atoms with Gasteiger partial charge in [-0.3, -0.25) is 14.5 Å². The molecule has 0 aromatic heterocycles. The Bertz CT molecular complexity index is 335. The van der Waals surface area contributed by atoms with E-state index in [1.807, 2.05) is 6.92 Å². The fourth-order valence-electron chi connectivity index (χ4n) is 1.26. The average Bonchev–Trinajstić information content (AvgIpc) is 2.60. The Morgan fingerprint density at radius 1 is 1.56 bits per heavy atom. The molecular weight excluding hydrogens is 230 g/mol. The third-order valence-electron chi connectivity index (χ3n) is 2.19. The summed E-state index contributed by atoms with van der Waals surface area (Å²) in [5.74, 6) is -0.451. The highest BCUT2D eigenvalue weighted by Gasteiger charge is 2.28. The quantitative estimate of drug-likeness (QED) is 0.548. The fraction of sp³-hybridized carbons (Fsp3) is 0.500. The van der Waals surface area contributed by atoms with Crippen molar-refractivity contribution < 1.29 is 19.1 Å². The van der Waals surface area contributed by atoms with Crippen LogP contribution in [0, 0.1) is 0 Å². The Hall–Kier alpha value is -1.30. The zero-order chi connectivity index (χ0) is 12.1. The van der Waals surface area contributed by atoms with E-state index in [4.69, 9.17) is 0 Å². The lowest BCUT2D eigenvalue weighted by molar-refractivity contribution is -0.136. The zero-order valence-electron chi connectivity index (χ0n) is 9.19. The molecule has 0 radical (unpaired) electrons. The van der Waals surface area contributed by atoms with E-state index >= 15 is 0 Å². The van der Waals surface area contributed by atoms with Crippen molar-refractivity contribution in [3.63, 3.8) is 0 Å². The lowest BCUT2D eigenvalue weighted by atomic mass is 10.2. The van der Waals surface area contributed by atoms with E-state index in [2.05, 4.69) is 4.74 Å². The van der Waals surface area contributed by atoms with Gasteiger partial charge in [-0.1, -0.05) is 24.8 Å². The molecule has 16 heavy (non-hydrogen) atoms. The Balaban J connectivity index is 2.66. The van der Waals surface area contributed by atoms with Gasteiger partial charge in [0, 0.05) is 12.1 Å². The molecule has 0 unspecified atom stereocenters. The molecule has 0 spiro atoms. The predicted octanol–water partition coefficient (Wildman–Crippen LogP) is 1.19. The van der Waals surface area contributed by atoms with Crippen molar-refractivity contribution in [2.45, 2.75) is 13.3 Å². The van der Waals surface area contributed by atoms with E-state index in [9.17, 15) is 14.4 Å². The molecule has 0 saturated carbocycles. The van der Waals surface area contributed by atoms with Crippen LogP contribution in [0.25, 0.3) is 0 Å². The van der Waals surface area contributed by atoms with Crippen LogP contribution in [-0.4, -0.2) is 41.4 Å². The summed E-state index contributed by atoms with van der Waals surface area (Å²) in [7, 11) is 1.30. The van der Waals surface area contributed by atoms with Crippen LogP contribution in [0.3, 0.4) is 0 Å². The van der Waals surface area contributed by atoms with Gasteiger partial charge < -0.3 is 4.74 Å². The molecule has 88 valence electrons. The van der Waals surface area contributed by atoms with Gasteiger partial charge in [0.1, 0.15) is 0 Å². The van der Waals surface area contributed by atoms with Crippen LogP contribution >= 0.6 is 11.8 Å². The summed E-state index contributed by atoms with van der Waals surface area (Å²) in [5.41, 5.74) is 0.472. The molecule has 0 aliphatic carbocycles. The second kappa shape index (κ2) is 5.69. The van der Waals surface area contributed by atoms with Crippen LogP contribution in [0.15, 0.2) is 11.6 Å². The van der Waals surface area contributed by atoms with Gasteiger partial charge in [-0.05, 0) is 6.42 Å². The molecule has 2 amide bonds. The highest BCUT2D eigenvalue weighted by molar-refractivity contribution is 8.14. The molecule has 5 nitrogen and oxygen atoms in total. The molecule has 1 heterocycles. The Labute approximate surface area is 97.8 Å². The Morgan fingerprint density at radius 3 is 2.69 bits per heavy atom. The fourth-order valence-corrected chi connectivity index (χ4v) is 2.00. The number of amides is 2. The maximum atomic E-state index is 11.3. The molecule has 0 bridgehead atoms. The van der Waals surface area contributed by atoms with Gasteiger partial charge in [0.15, 0.2) is 0 Å². The van der Waals surface area contributed by atoms with E-state index in [0.29, 0.717) is 12.0 Å². The van der Waals surface area contributed by atoms with Crippen molar-refractivity contribution in [3.8, 4) is 0 Å². The summed E-state index contributed by atoms with van der Waals surface area (Å²) >= 11 is 0.979. The van der Waals surface area contributed by atoms with Gasteiger partial charge in [0.2, 0.25) is 5.91 Å². The van der Waals surface area contributed by atoms with Crippen molar-refractivity contribution in [2.75, 3.05) is 19.4 Å². The van der Waals surface area contributed by atoms with E-state index in [1.165, 1.54) is 7.11 Å². The molecular formula is C10H13NO4S. The number of imide groups is 1. The standard InChI is InChI=1S/C10H13NO4S/c1-3-7(9(13)15-2)4-5-11-8(12)6-16-10(11)14/h4H,3,5-6H2,1-2H3. The Kier molecular flexibility index (Phi) is 4.54. The number of hydrogen-bond donors (Lipinski definition) is 0. The van der Waals surface area contributed by atoms with Crippen LogP contribution in [0.5, 0.6) is 0 Å². The minimum Gasteiger partial charge on any atom is -0.466 e. The van der Waals surface area contributed by atoms with E-state index < -0.39 is 5.97 Å². The number of ether oxygens (including phenoxy) is 1. The topological polar surface area (TPSA) is 63.7 Å². The molecule has 0 N–H and O–H groups in total. The molecule has 1 aliphatic rings. The number of methoxy groups -OCH3 is 1. The first kappa shape index (κ1) is 12.8. The number of rotatable bonds is 4. The molecule has 1 saturated heterocycles. The highest BCUT2D eigenvalue weighted by Crippen LogP contribution is 2.18. The largest absolute Gasteiger partial charge is 0.466 e. The van der Waals surface area contributed by atoms with Gasteiger partial charge in [-0.15, -0.1) is 0 Å². The normalized spacial score (nSPS) is 16.9. The van der Waals surface area contributed by atoms with Gasteiger partial charge in [0.05, 0.1) is 12.9 Å². The van der Waals surface area contributed by atoms with Crippen LogP contribution in [0.1, 0.15) is 13.3 Å². The third kappa shape index (κ3) is 2.85. The van der Waals surface area contributed by atoms with Crippen molar-refractivity contribution in [1.29, 1.82) is 0 Å². The predicted molar refractivity (Wildman–Crippen MR) is 60.0 cm³/mol. The Morgan fingerprint density at radius 2 is 2.25 bits per heavy atom. The minimum absolute atomic E-state index is 0.142. The molecule has 0 atom stereocenters. The van der Waals surface area contributed by atoms with Gasteiger partial charge in [-0.2, -0.15) is 0 Å². The number of esters is 1. The minimum atomic E-state index is -0.422. The number of hydrogen-bond acceptors (Lipinski definition) is 5. The molecule has 6 heteroatoms. The number of thioether (sulfide) groups is 1. The van der Waals surface area contributed by atoms with Crippen LogP contribution in [0.4, 0.5) is 4.79 Å². The molecule has 1 aliphatic heterocycles. The third-order valence-corrected chi connectivity index (χ3v) is 3.05. The maximum absolute atomic E-state index is 11.3. The second-order valence-corrected chi connectivity index (χ2v) is 4.06. The average molecular weight is 243 g/mol. The smallest absolute Gasteiger partial charge is 0.333 e. The molecule has 0 aromatic carbocycles. The first-order chi connectivity index (χ1) is 7.60. The zero-order valence-corrected chi connectivity index (χ0v) is 10.0. The summed E-state index contributed by atoms with van der Waals surface area (Å²) in [5, 5.41) is -0.262. The number of nitrogens with zero attached hydrogens (tertiary/aromatic N) is 1. The lowest BCUT2D eigenvalue weighted by Gasteiger charge is -2.10. The van der Waals surface area contributed by atoms with Gasteiger partial charge >= 0.3 is 5.97 Å². The summed E-state index contributed by atoms with van der Waals surface area (Å²) < 4.78 is 4.57. The second-order valence-electron chi connectivity index (χ2n) is 3.13. The summed E-state index contributed by atoms with van der Waals surface area (Å²) in [6.07, 6.45) is 2.07. The van der Waals surface area contributed by atoms with Gasteiger partial charge in [-0.25, -0.2) is 4.79 Å². The van der Waals surface area contributed by atoms with E-state index in [-0.39, 0.29) is 23.4 Å². The first-order valence-electron chi connectivity index (χ1n) is 4.84. The summed E-state index contributed by atoms with van der Waals surface area (Å²) in [6, 6.07) is 0. The maximum Gasteiger partial charge on any atom is 0.333 e. The van der Waals surface area contributed by atoms with Crippen molar-refractivity contribution in [2.24, 2.45) is 0 Å². The summed E-state index contributed by atoms with van der Waals surface area (Å²) in [6.45, 7) is 1.95. The summed E-state index contributed by atoms with van der Waals surface area (Å²) in [4.78, 5) is 34.9. The molecule has 1 fully saturated rings. The van der Waals surface area contributed by atoms with Crippen molar-refractivity contribution in [3.05, 3.63) is 11.6 Å². The van der Waals surface area contributed by atoms with Gasteiger partial charge in [0.25, 0.3) is 5.24 Å². The first-order valence-corrected chi connectivity index (χ1v) is 5.83. The van der Waals surface area contributed by atoms with Crippen molar-refractivity contribution in [1.82, 2.24) is 4.90 Å². The van der Waals surface area contributed by atoms with E-state index in [0.717, 1.165) is 16.7 Å². The monoisotopic (exact) mass is 243 g/mol. The van der Waals surface area contributed by atoms with Crippen molar-refractivity contribution >= 4 is 28.9 Å². The lowest BCUT2D eigenvalue weighted by Crippen LogP contribution is -2.29. The van der Waals surface area contributed by atoms with Crippen LogP contribution in [0.2, 0.25) is 0 Å².